The van der Waals surface area contributed by atoms with Gasteiger partial charge in [-0.3, -0.25) is 0 Å². The molecule has 0 saturated heterocycles. The number of methoxy groups -OCH3 is 4. The molecule has 2 aliphatic carbocycles. The van der Waals surface area contributed by atoms with Crippen LogP contribution in [0.3, 0.4) is 0 Å². The molecule has 1 heterocycles. The van der Waals surface area contributed by atoms with Crippen molar-refractivity contribution in [3.63, 3.8) is 0 Å². The van der Waals surface area contributed by atoms with Crippen LogP contribution in [-0.2, 0) is 10.2 Å². The molecular formula is C25H29NO5. The number of rotatable bonds is 8. The maximum Gasteiger partial charge on any atom is 0.225 e. The van der Waals surface area contributed by atoms with E-state index in [2.05, 4.69) is 19.1 Å². The quantitative estimate of drug-likeness (QED) is 0.600. The average Bonchev–Trinajstić information content (AvgIpc) is 3.15. The van der Waals surface area contributed by atoms with Crippen LogP contribution in [0.25, 0.3) is 11.8 Å². The Morgan fingerprint density at radius 3 is 2.32 bits per heavy atom. The van der Waals surface area contributed by atoms with Gasteiger partial charge in [0.25, 0.3) is 0 Å². The molecule has 1 aromatic heterocycles. The predicted octanol–water partition coefficient (Wildman–Crippen LogP) is 2.28. The lowest BCUT2D eigenvalue weighted by Crippen LogP contribution is -2.37. The van der Waals surface area contributed by atoms with Crippen LogP contribution in [0, 0.1) is 10.6 Å². The normalized spacial score (nSPS) is 18.1. The number of nitrogens with zero attached hydrogens (tertiary/aromatic N) is 1. The van der Waals surface area contributed by atoms with E-state index in [1.165, 1.54) is 0 Å². The molecule has 31 heavy (non-hydrogen) atoms. The van der Waals surface area contributed by atoms with Crippen molar-refractivity contribution in [1.82, 2.24) is 4.98 Å². The third kappa shape index (κ3) is 3.17. The third-order valence-corrected chi connectivity index (χ3v) is 6.28. The molecule has 1 N–H and O–H groups in total. The van der Waals surface area contributed by atoms with Crippen molar-refractivity contribution in [2.24, 2.45) is 0 Å². The van der Waals surface area contributed by atoms with E-state index >= 15 is 0 Å². The lowest BCUT2D eigenvalue weighted by Gasteiger charge is -2.35. The summed E-state index contributed by atoms with van der Waals surface area (Å²) in [6.07, 6.45) is 8.78. The first-order chi connectivity index (χ1) is 15.1. The van der Waals surface area contributed by atoms with Crippen molar-refractivity contribution >= 4 is 11.8 Å². The fourth-order valence-corrected chi connectivity index (χ4v) is 4.95. The maximum absolute atomic E-state index is 9.98. The van der Waals surface area contributed by atoms with Gasteiger partial charge in [-0.15, -0.1) is 0 Å². The molecule has 6 heteroatoms. The number of ether oxygens (including phenoxy) is 4. The van der Waals surface area contributed by atoms with Gasteiger partial charge in [-0.05, 0) is 47.9 Å². The molecule has 0 aliphatic heterocycles. The average molecular weight is 424 g/mol. The molecule has 1 atom stereocenters. The summed E-state index contributed by atoms with van der Waals surface area (Å²) in [5.41, 5.74) is 1.79. The topological polar surface area (TPSA) is 70.0 Å². The Kier molecular flexibility index (Phi) is 5.67. The van der Waals surface area contributed by atoms with Crippen LogP contribution in [0.1, 0.15) is 37.3 Å². The van der Waals surface area contributed by atoms with E-state index in [4.69, 9.17) is 23.9 Å². The number of aromatic nitrogens is 1. The highest BCUT2D eigenvalue weighted by Crippen LogP contribution is 2.40. The van der Waals surface area contributed by atoms with Crippen molar-refractivity contribution in [3.05, 3.63) is 56.4 Å². The Bertz CT molecular complexity index is 1260. The van der Waals surface area contributed by atoms with Gasteiger partial charge in [0.15, 0.2) is 11.5 Å². The molecule has 0 amide bonds. The summed E-state index contributed by atoms with van der Waals surface area (Å²) < 4.78 is 22.5. The molecule has 1 unspecified atom stereocenters. The number of benzene rings is 1. The number of allylic oxidation sites excluding steroid dienone is 1. The minimum atomic E-state index is -0.339. The van der Waals surface area contributed by atoms with Crippen molar-refractivity contribution < 1.29 is 24.1 Å². The first kappa shape index (κ1) is 21.2. The van der Waals surface area contributed by atoms with E-state index in [0.29, 0.717) is 29.6 Å². The van der Waals surface area contributed by atoms with Crippen LogP contribution in [-0.4, -0.2) is 45.1 Å². The fourth-order valence-electron chi connectivity index (χ4n) is 4.95. The number of pyridine rings is 1. The molecule has 2 aromatic rings. The lowest BCUT2D eigenvalue weighted by atomic mass is 9.70. The van der Waals surface area contributed by atoms with Crippen molar-refractivity contribution in [1.29, 1.82) is 0 Å². The highest BCUT2D eigenvalue weighted by molar-refractivity contribution is 5.69. The van der Waals surface area contributed by atoms with E-state index in [9.17, 15) is 5.11 Å². The van der Waals surface area contributed by atoms with Gasteiger partial charge in [-0.25, -0.2) is 4.98 Å². The van der Waals surface area contributed by atoms with Crippen LogP contribution in [0.15, 0.2) is 24.3 Å². The summed E-state index contributed by atoms with van der Waals surface area (Å²) in [6.45, 7) is 2.25. The summed E-state index contributed by atoms with van der Waals surface area (Å²) in [5.74, 6) is 2.56. The van der Waals surface area contributed by atoms with E-state index in [1.54, 1.807) is 28.4 Å². The van der Waals surface area contributed by atoms with E-state index < -0.39 is 0 Å². The first-order valence-electron chi connectivity index (χ1n) is 10.5. The second-order valence-corrected chi connectivity index (χ2v) is 7.85. The smallest absolute Gasteiger partial charge is 0.225 e. The maximum atomic E-state index is 9.98. The summed E-state index contributed by atoms with van der Waals surface area (Å²) in [4.78, 5) is 4.89. The Labute approximate surface area is 181 Å². The first-order valence-corrected chi connectivity index (χ1v) is 10.5. The summed E-state index contributed by atoms with van der Waals surface area (Å²) >= 11 is 0. The van der Waals surface area contributed by atoms with Crippen molar-refractivity contribution in [2.45, 2.75) is 31.6 Å². The molecule has 0 saturated carbocycles. The van der Waals surface area contributed by atoms with Crippen molar-refractivity contribution in [3.8, 4) is 17.4 Å². The van der Waals surface area contributed by atoms with E-state index in [-0.39, 0.29) is 12.0 Å². The van der Waals surface area contributed by atoms with E-state index in [1.807, 2.05) is 18.2 Å². The van der Waals surface area contributed by atoms with Gasteiger partial charge in [0, 0.05) is 22.8 Å². The summed E-state index contributed by atoms with van der Waals surface area (Å²) in [5, 5.41) is 13.7. The predicted molar refractivity (Wildman–Crippen MR) is 119 cm³/mol. The van der Waals surface area contributed by atoms with Crippen LogP contribution in [0.4, 0.5) is 0 Å². The number of aliphatic hydroxyl groups is 1. The molecule has 4 rings (SSSR count). The second kappa shape index (κ2) is 8.27. The molecule has 0 spiro atoms. The van der Waals surface area contributed by atoms with Crippen molar-refractivity contribution in [2.75, 3.05) is 35.0 Å². The van der Waals surface area contributed by atoms with Crippen LogP contribution in [0.5, 0.6) is 17.4 Å². The molecule has 1 aromatic carbocycles. The number of hydrogen-bond acceptors (Lipinski definition) is 6. The summed E-state index contributed by atoms with van der Waals surface area (Å²) in [7, 11) is 6.54. The Morgan fingerprint density at radius 2 is 1.71 bits per heavy atom. The molecule has 2 aliphatic rings. The monoisotopic (exact) mass is 423 g/mol. The SMILES string of the molecule is CCCC1(CCO)C=CC(OC)=c2c(OC)nc3c(c21)C=c1cc(OC)c(OC)cc1=3. The largest absolute Gasteiger partial charge is 0.496 e. The zero-order valence-corrected chi connectivity index (χ0v) is 18.7. The lowest BCUT2D eigenvalue weighted by molar-refractivity contribution is 0.247. The number of aliphatic hydroxyl groups excluding tert-OH is 1. The Hall–Kier alpha value is -2.99. The molecule has 0 radical (unpaired) electrons. The van der Waals surface area contributed by atoms with E-state index in [0.717, 1.165) is 45.0 Å². The molecule has 6 nitrogen and oxygen atoms in total. The molecule has 0 fully saturated rings. The van der Waals surface area contributed by atoms with Crippen LogP contribution < -0.4 is 24.6 Å². The van der Waals surface area contributed by atoms with Gasteiger partial charge >= 0.3 is 0 Å². The Morgan fingerprint density at radius 1 is 0.968 bits per heavy atom. The fraction of sp³-hybridized carbons (Fsp3) is 0.400. The van der Waals surface area contributed by atoms with Gasteiger partial charge in [0.1, 0.15) is 5.76 Å². The highest BCUT2D eigenvalue weighted by atomic mass is 16.5. The standard InChI is InChI=1S/C25H29NO5/c1-6-8-25(10-11-27)9-7-18(28-2)21-22(25)17-12-15-13-19(29-3)20(30-4)14-16(15)23(17)26-24(21)31-5/h7,9,12-14,27H,6,8,10-11H2,1-5H3. The zero-order valence-electron chi connectivity index (χ0n) is 18.7. The van der Waals surface area contributed by atoms with Gasteiger partial charge in [-0.1, -0.05) is 19.4 Å². The third-order valence-electron chi connectivity index (χ3n) is 6.28. The molecular weight excluding hydrogens is 394 g/mol. The van der Waals surface area contributed by atoms with Gasteiger partial charge in [0.2, 0.25) is 5.88 Å². The summed E-state index contributed by atoms with van der Waals surface area (Å²) in [6, 6.07) is 3.93. The van der Waals surface area contributed by atoms with Crippen LogP contribution in [0.2, 0.25) is 0 Å². The Balaban J connectivity index is 2.21. The number of fused-ring (bicyclic) bond motifs is 4. The van der Waals surface area contributed by atoms with Gasteiger partial charge in [-0.2, -0.15) is 0 Å². The van der Waals surface area contributed by atoms with Crippen LogP contribution >= 0.6 is 0 Å². The highest BCUT2D eigenvalue weighted by Gasteiger charge is 2.37. The van der Waals surface area contributed by atoms with Gasteiger partial charge in [0.05, 0.1) is 39.0 Å². The second-order valence-electron chi connectivity index (χ2n) is 7.85. The minimum Gasteiger partial charge on any atom is -0.496 e. The molecule has 0 bridgehead atoms. The minimum absolute atomic E-state index is 0.0834. The number of hydrogen-bond donors (Lipinski definition) is 1. The zero-order chi connectivity index (χ0) is 22.2. The molecule has 164 valence electrons. The van der Waals surface area contributed by atoms with Gasteiger partial charge < -0.3 is 24.1 Å².